The van der Waals surface area contributed by atoms with Crippen molar-refractivity contribution in [3.63, 3.8) is 0 Å². The maximum Gasteiger partial charge on any atom is 0.248 e. The number of halogens is 2. The van der Waals surface area contributed by atoms with Gasteiger partial charge in [-0.1, -0.05) is 41.4 Å². The van der Waals surface area contributed by atoms with E-state index in [9.17, 15) is 4.79 Å². The summed E-state index contributed by atoms with van der Waals surface area (Å²) < 4.78 is 0. The Bertz CT molecular complexity index is 612. The van der Waals surface area contributed by atoms with Gasteiger partial charge in [0, 0.05) is 28.7 Å². The molecule has 20 heavy (non-hydrogen) atoms. The fraction of sp³-hybridized carbons (Fsp3) is 0.133. The van der Waals surface area contributed by atoms with Crippen LogP contribution in [-0.2, 0) is 13.1 Å². The molecular weight excluding hydrogens is 295 g/mol. The first-order valence-electron chi connectivity index (χ1n) is 6.09. The van der Waals surface area contributed by atoms with Crippen molar-refractivity contribution in [2.45, 2.75) is 13.1 Å². The largest absolute Gasteiger partial charge is 0.366 e. The number of hydrogen-bond donors (Lipinski definition) is 2. The molecule has 2 rings (SSSR count). The minimum Gasteiger partial charge on any atom is -0.366 e. The fourth-order valence-corrected chi connectivity index (χ4v) is 2.16. The van der Waals surface area contributed by atoms with E-state index < -0.39 is 5.91 Å². The lowest BCUT2D eigenvalue weighted by atomic mass is 10.1. The molecule has 0 aliphatic carbocycles. The number of carbonyl (C=O) groups is 1. The molecule has 0 aliphatic heterocycles. The van der Waals surface area contributed by atoms with Gasteiger partial charge in [0.05, 0.1) is 0 Å². The van der Waals surface area contributed by atoms with Crippen LogP contribution in [-0.4, -0.2) is 5.91 Å². The number of primary amides is 1. The SMILES string of the molecule is NC(=O)c1ccc(CNCc2ccc(Cl)cc2)c(Cl)c1. The molecule has 0 unspecified atom stereocenters. The quantitative estimate of drug-likeness (QED) is 0.889. The summed E-state index contributed by atoms with van der Waals surface area (Å²) >= 11 is 11.9. The molecule has 104 valence electrons. The minimum atomic E-state index is -0.479. The summed E-state index contributed by atoms with van der Waals surface area (Å²) in [7, 11) is 0. The van der Waals surface area contributed by atoms with E-state index >= 15 is 0 Å². The molecule has 0 saturated heterocycles. The number of rotatable bonds is 5. The highest BCUT2D eigenvalue weighted by Crippen LogP contribution is 2.18. The third kappa shape index (κ3) is 3.97. The van der Waals surface area contributed by atoms with Gasteiger partial charge in [-0.25, -0.2) is 0 Å². The van der Waals surface area contributed by atoms with Gasteiger partial charge < -0.3 is 11.1 Å². The second-order valence-electron chi connectivity index (χ2n) is 4.40. The number of nitrogens with one attached hydrogen (secondary N) is 1. The zero-order chi connectivity index (χ0) is 14.5. The van der Waals surface area contributed by atoms with Crippen molar-refractivity contribution in [1.29, 1.82) is 0 Å². The molecule has 0 atom stereocenters. The van der Waals surface area contributed by atoms with Crippen LogP contribution < -0.4 is 11.1 Å². The molecule has 3 N–H and O–H groups in total. The maximum atomic E-state index is 11.0. The van der Waals surface area contributed by atoms with Crippen LogP contribution in [0, 0.1) is 0 Å². The van der Waals surface area contributed by atoms with Crippen molar-refractivity contribution in [2.24, 2.45) is 5.73 Å². The van der Waals surface area contributed by atoms with Crippen molar-refractivity contribution >= 4 is 29.1 Å². The smallest absolute Gasteiger partial charge is 0.248 e. The molecule has 1 amide bonds. The van der Waals surface area contributed by atoms with Gasteiger partial charge in [-0.3, -0.25) is 4.79 Å². The summed E-state index contributed by atoms with van der Waals surface area (Å²) in [5.41, 5.74) is 7.67. The van der Waals surface area contributed by atoms with Crippen molar-refractivity contribution in [3.05, 3.63) is 69.2 Å². The highest BCUT2D eigenvalue weighted by atomic mass is 35.5. The Hall–Kier alpha value is -1.55. The number of benzene rings is 2. The zero-order valence-electron chi connectivity index (χ0n) is 10.7. The van der Waals surface area contributed by atoms with Crippen LogP contribution in [0.3, 0.4) is 0 Å². The van der Waals surface area contributed by atoms with Crippen molar-refractivity contribution in [3.8, 4) is 0 Å². The van der Waals surface area contributed by atoms with Crippen LogP contribution in [0.15, 0.2) is 42.5 Å². The Labute approximate surface area is 127 Å². The summed E-state index contributed by atoms with van der Waals surface area (Å²) in [5.74, 6) is -0.479. The van der Waals surface area contributed by atoms with Gasteiger partial charge in [-0.05, 0) is 35.4 Å². The van der Waals surface area contributed by atoms with Crippen molar-refractivity contribution < 1.29 is 4.79 Å². The van der Waals surface area contributed by atoms with E-state index in [1.165, 1.54) is 0 Å². The lowest BCUT2D eigenvalue weighted by Gasteiger charge is -2.08. The van der Waals surface area contributed by atoms with E-state index in [0.29, 0.717) is 23.7 Å². The van der Waals surface area contributed by atoms with Gasteiger partial charge >= 0.3 is 0 Å². The summed E-state index contributed by atoms with van der Waals surface area (Å²) in [6.07, 6.45) is 0. The summed E-state index contributed by atoms with van der Waals surface area (Å²) in [5, 5.41) is 4.54. The minimum absolute atomic E-state index is 0.413. The lowest BCUT2D eigenvalue weighted by Crippen LogP contribution is -2.14. The lowest BCUT2D eigenvalue weighted by molar-refractivity contribution is 0.100. The number of carbonyl (C=O) groups excluding carboxylic acids is 1. The second kappa shape index (κ2) is 6.75. The molecule has 0 bridgehead atoms. The maximum absolute atomic E-state index is 11.0. The first-order valence-corrected chi connectivity index (χ1v) is 6.85. The molecular formula is C15H14Cl2N2O. The van der Waals surface area contributed by atoms with Gasteiger partial charge in [0.25, 0.3) is 0 Å². The first kappa shape index (κ1) is 14.9. The van der Waals surface area contributed by atoms with E-state index in [1.54, 1.807) is 18.2 Å². The van der Waals surface area contributed by atoms with Crippen LogP contribution in [0.2, 0.25) is 10.0 Å². The molecule has 0 heterocycles. The Balaban J connectivity index is 1.94. The fourth-order valence-electron chi connectivity index (χ4n) is 1.79. The molecule has 0 fully saturated rings. The first-order chi connectivity index (χ1) is 9.56. The monoisotopic (exact) mass is 308 g/mol. The van der Waals surface area contributed by atoms with Gasteiger partial charge in [0.2, 0.25) is 5.91 Å². The third-order valence-corrected chi connectivity index (χ3v) is 3.50. The molecule has 0 saturated carbocycles. The standard InChI is InChI=1S/C15H14Cl2N2O/c16-13-5-1-10(2-6-13)8-19-9-12-4-3-11(15(18)20)7-14(12)17/h1-7,19H,8-9H2,(H2,18,20). The van der Waals surface area contributed by atoms with Gasteiger partial charge in [0.15, 0.2) is 0 Å². The summed E-state index contributed by atoms with van der Waals surface area (Å²) in [6, 6.07) is 12.7. The predicted molar refractivity (Wildman–Crippen MR) is 82.0 cm³/mol. The average Bonchev–Trinajstić information content (AvgIpc) is 2.42. The Morgan fingerprint density at radius 1 is 1.05 bits per heavy atom. The number of hydrogen-bond acceptors (Lipinski definition) is 2. The third-order valence-electron chi connectivity index (χ3n) is 2.90. The molecule has 0 aliphatic rings. The molecule has 0 radical (unpaired) electrons. The average molecular weight is 309 g/mol. The van der Waals surface area contributed by atoms with E-state index in [1.807, 2.05) is 24.3 Å². The molecule has 2 aromatic rings. The van der Waals surface area contributed by atoms with Crippen LogP contribution >= 0.6 is 23.2 Å². The molecule has 3 nitrogen and oxygen atoms in total. The van der Waals surface area contributed by atoms with Crippen LogP contribution in [0.25, 0.3) is 0 Å². The summed E-state index contributed by atoms with van der Waals surface area (Å²) in [6.45, 7) is 1.32. The molecule has 2 aromatic carbocycles. The van der Waals surface area contributed by atoms with Crippen LogP contribution in [0.4, 0.5) is 0 Å². The highest BCUT2D eigenvalue weighted by Gasteiger charge is 2.05. The summed E-state index contributed by atoms with van der Waals surface area (Å²) in [4.78, 5) is 11.0. The molecule has 0 spiro atoms. The van der Waals surface area contributed by atoms with E-state index in [0.717, 1.165) is 16.1 Å². The van der Waals surface area contributed by atoms with E-state index in [4.69, 9.17) is 28.9 Å². The predicted octanol–water partition coefficient (Wildman–Crippen LogP) is 3.38. The van der Waals surface area contributed by atoms with Crippen LogP contribution in [0.5, 0.6) is 0 Å². The van der Waals surface area contributed by atoms with Crippen molar-refractivity contribution in [1.82, 2.24) is 5.32 Å². The van der Waals surface area contributed by atoms with Gasteiger partial charge in [0.1, 0.15) is 0 Å². The van der Waals surface area contributed by atoms with E-state index in [2.05, 4.69) is 5.32 Å². The Morgan fingerprint density at radius 3 is 2.35 bits per heavy atom. The van der Waals surface area contributed by atoms with Gasteiger partial charge in [-0.15, -0.1) is 0 Å². The number of nitrogens with two attached hydrogens (primary N) is 1. The normalized spacial score (nSPS) is 10.5. The van der Waals surface area contributed by atoms with E-state index in [-0.39, 0.29) is 0 Å². The second-order valence-corrected chi connectivity index (χ2v) is 5.24. The topological polar surface area (TPSA) is 55.1 Å². The molecule has 0 aromatic heterocycles. The highest BCUT2D eigenvalue weighted by molar-refractivity contribution is 6.31. The van der Waals surface area contributed by atoms with Gasteiger partial charge in [-0.2, -0.15) is 0 Å². The number of amides is 1. The molecule has 5 heteroatoms. The Kier molecular flexibility index (Phi) is 5.01. The van der Waals surface area contributed by atoms with Crippen molar-refractivity contribution in [2.75, 3.05) is 0 Å². The van der Waals surface area contributed by atoms with Crippen LogP contribution in [0.1, 0.15) is 21.5 Å². The Morgan fingerprint density at radius 2 is 1.75 bits per heavy atom. The zero-order valence-corrected chi connectivity index (χ0v) is 12.2.